The quantitative estimate of drug-likeness (QED) is 0.470. The highest BCUT2D eigenvalue weighted by molar-refractivity contribution is 5.62. The van der Waals surface area contributed by atoms with Crippen LogP contribution < -0.4 is 0 Å². The Morgan fingerprint density at radius 2 is 1.32 bits per heavy atom. The number of hydrogen-bond acceptors (Lipinski definition) is 4. The van der Waals surface area contributed by atoms with Crippen molar-refractivity contribution < 1.29 is 20.1 Å². The molecule has 5 rings (SSSR count). The van der Waals surface area contributed by atoms with E-state index in [0.29, 0.717) is 23.7 Å². The second kappa shape index (κ2) is 7.54. The maximum atomic E-state index is 13.1. The SMILES string of the molecule is CC1(C)[C@H](O)CC[C@@]2(C)[C@H]1C[C@]1(C=O)C[C@]3(C)CCC4[C@](C)(CC[C@@H](O)[C@]4(C)CO)C3CC[C@@H]12. The summed E-state index contributed by atoms with van der Waals surface area (Å²) in [5, 5.41) is 32.2. The van der Waals surface area contributed by atoms with Gasteiger partial charge in [0, 0.05) is 10.8 Å². The highest BCUT2D eigenvalue weighted by atomic mass is 16.3. The normalized spacial score (nSPS) is 58.6. The van der Waals surface area contributed by atoms with Crippen LogP contribution in [0.25, 0.3) is 0 Å². The second-order valence-electron chi connectivity index (χ2n) is 15.3. The number of aliphatic hydroxyl groups excluding tert-OH is 3. The first-order valence-electron chi connectivity index (χ1n) is 14.2. The number of carbonyl (C=O) groups excluding carboxylic acids is 1. The number of fused-ring (bicyclic) bond motifs is 6. The zero-order valence-electron chi connectivity index (χ0n) is 22.6. The lowest BCUT2D eigenvalue weighted by molar-refractivity contribution is -0.192. The summed E-state index contributed by atoms with van der Waals surface area (Å²) in [7, 11) is 0. The summed E-state index contributed by atoms with van der Waals surface area (Å²) in [5.41, 5.74) is -0.569. The Bertz CT molecular complexity index is 840. The lowest BCUT2D eigenvalue weighted by atomic mass is 9.41. The van der Waals surface area contributed by atoms with Crippen LogP contribution in [0.15, 0.2) is 0 Å². The van der Waals surface area contributed by atoms with Crippen molar-refractivity contribution >= 4 is 6.29 Å². The van der Waals surface area contributed by atoms with E-state index in [1.54, 1.807) is 0 Å². The molecule has 0 aliphatic heterocycles. The third-order valence-electron chi connectivity index (χ3n) is 13.6. The monoisotopic (exact) mass is 474 g/mol. The van der Waals surface area contributed by atoms with Gasteiger partial charge in [-0.05, 0) is 110 Å². The van der Waals surface area contributed by atoms with Crippen LogP contribution in [0.1, 0.15) is 106 Å². The molecule has 11 atom stereocenters. The van der Waals surface area contributed by atoms with Gasteiger partial charge in [-0.2, -0.15) is 0 Å². The molecule has 5 aliphatic carbocycles. The Morgan fingerprint density at radius 1 is 0.735 bits per heavy atom. The highest BCUT2D eigenvalue weighted by Crippen LogP contribution is 2.75. The molecular weight excluding hydrogens is 424 g/mol. The molecule has 194 valence electrons. The van der Waals surface area contributed by atoms with E-state index in [1.807, 2.05) is 0 Å². The zero-order valence-corrected chi connectivity index (χ0v) is 22.6. The Balaban J connectivity index is 1.55. The fourth-order valence-corrected chi connectivity index (χ4v) is 11.8. The molecule has 4 nitrogen and oxygen atoms in total. The van der Waals surface area contributed by atoms with Gasteiger partial charge in [0.1, 0.15) is 6.29 Å². The number of hydrogen-bond donors (Lipinski definition) is 3. The minimum atomic E-state index is -0.431. The maximum absolute atomic E-state index is 13.1. The largest absolute Gasteiger partial charge is 0.396 e. The maximum Gasteiger partial charge on any atom is 0.126 e. The van der Waals surface area contributed by atoms with E-state index in [2.05, 4.69) is 41.5 Å². The fraction of sp³-hybridized carbons (Fsp3) is 0.967. The first-order valence-corrected chi connectivity index (χ1v) is 14.2. The van der Waals surface area contributed by atoms with Gasteiger partial charge >= 0.3 is 0 Å². The lowest BCUT2D eigenvalue weighted by Gasteiger charge is -2.64. The minimum absolute atomic E-state index is 0.0515. The summed E-state index contributed by atoms with van der Waals surface area (Å²) in [5.74, 6) is 1.61. The molecule has 0 radical (unpaired) electrons. The highest BCUT2D eigenvalue weighted by Gasteiger charge is 2.70. The molecule has 0 aromatic rings. The van der Waals surface area contributed by atoms with Crippen LogP contribution in [0.2, 0.25) is 0 Å². The van der Waals surface area contributed by atoms with Gasteiger partial charge in [-0.3, -0.25) is 0 Å². The molecule has 0 amide bonds. The van der Waals surface area contributed by atoms with Gasteiger partial charge in [0.05, 0.1) is 18.8 Å². The summed E-state index contributed by atoms with van der Waals surface area (Å²) in [6.45, 7) is 14.0. The molecular formula is C30H50O4. The van der Waals surface area contributed by atoms with Gasteiger partial charge in [0.25, 0.3) is 0 Å². The third kappa shape index (κ3) is 2.97. The predicted molar refractivity (Wildman–Crippen MR) is 134 cm³/mol. The first kappa shape index (κ1) is 25.2. The minimum Gasteiger partial charge on any atom is -0.396 e. The average molecular weight is 475 g/mol. The molecule has 0 saturated heterocycles. The average Bonchev–Trinajstić information content (AvgIpc) is 2.93. The van der Waals surface area contributed by atoms with Gasteiger partial charge < -0.3 is 20.1 Å². The van der Waals surface area contributed by atoms with Gasteiger partial charge in [-0.1, -0.05) is 41.5 Å². The molecule has 4 heteroatoms. The summed E-state index contributed by atoms with van der Waals surface area (Å²) in [4.78, 5) is 13.1. The summed E-state index contributed by atoms with van der Waals surface area (Å²) >= 11 is 0. The van der Waals surface area contributed by atoms with Crippen LogP contribution >= 0.6 is 0 Å². The zero-order chi connectivity index (χ0) is 24.9. The lowest BCUT2D eigenvalue weighted by Crippen LogP contribution is -2.60. The molecule has 5 fully saturated rings. The molecule has 0 aromatic heterocycles. The van der Waals surface area contributed by atoms with Crippen molar-refractivity contribution in [3.63, 3.8) is 0 Å². The first-order chi connectivity index (χ1) is 15.7. The van der Waals surface area contributed by atoms with E-state index in [9.17, 15) is 20.1 Å². The van der Waals surface area contributed by atoms with Crippen molar-refractivity contribution in [3.8, 4) is 0 Å². The van der Waals surface area contributed by atoms with E-state index >= 15 is 0 Å². The Morgan fingerprint density at radius 3 is 1.94 bits per heavy atom. The van der Waals surface area contributed by atoms with Crippen molar-refractivity contribution in [2.45, 2.75) is 118 Å². The molecule has 34 heavy (non-hydrogen) atoms. The number of aldehydes is 1. The van der Waals surface area contributed by atoms with Crippen molar-refractivity contribution in [2.75, 3.05) is 6.61 Å². The molecule has 0 heterocycles. The second-order valence-corrected chi connectivity index (χ2v) is 15.3. The van der Waals surface area contributed by atoms with Crippen LogP contribution in [-0.4, -0.2) is 40.4 Å². The van der Waals surface area contributed by atoms with Crippen LogP contribution in [0.5, 0.6) is 0 Å². The van der Waals surface area contributed by atoms with E-state index in [1.165, 1.54) is 6.29 Å². The van der Waals surface area contributed by atoms with Crippen molar-refractivity contribution in [1.82, 2.24) is 0 Å². The number of aliphatic hydroxyl groups is 3. The molecule has 0 bridgehead atoms. The molecule has 5 saturated carbocycles. The Kier molecular flexibility index (Phi) is 5.59. The Hall–Kier alpha value is -0.450. The molecule has 3 N–H and O–H groups in total. The van der Waals surface area contributed by atoms with Crippen molar-refractivity contribution in [2.24, 2.45) is 56.2 Å². The molecule has 5 aliphatic rings. The van der Waals surface area contributed by atoms with Crippen molar-refractivity contribution in [3.05, 3.63) is 0 Å². The van der Waals surface area contributed by atoms with Crippen LogP contribution in [-0.2, 0) is 4.79 Å². The van der Waals surface area contributed by atoms with Crippen LogP contribution in [0.3, 0.4) is 0 Å². The van der Waals surface area contributed by atoms with Crippen molar-refractivity contribution in [1.29, 1.82) is 0 Å². The summed E-state index contributed by atoms with van der Waals surface area (Å²) < 4.78 is 0. The van der Waals surface area contributed by atoms with E-state index in [0.717, 1.165) is 64.2 Å². The topological polar surface area (TPSA) is 77.8 Å². The van der Waals surface area contributed by atoms with Gasteiger partial charge in [0.2, 0.25) is 0 Å². The number of carbonyl (C=O) groups is 1. The molecule has 0 aromatic carbocycles. The van der Waals surface area contributed by atoms with E-state index < -0.39 is 11.5 Å². The summed E-state index contributed by atoms with van der Waals surface area (Å²) in [6, 6.07) is 0. The van der Waals surface area contributed by atoms with E-state index in [-0.39, 0.29) is 39.8 Å². The van der Waals surface area contributed by atoms with Gasteiger partial charge in [-0.25, -0.2) is 0 Å². The summed E-state index contributed by atoms with van der Waals surface area (Å²) in [6.07, 6.45) is 10.6. The Labute approximate surface area is 207 Å². The van der Waals surface area contributed by atoms with Crippen LogP contribution in [0, 0.1) is 56.2 Å². The fourth-order valence-electron chi connectivity index (χ4n) is 11.8. The van der Waals surface area contributed by atoms with E-state index in [4.69, 9.17) is 0 Å². The predicted octanol–water partition coefficient (Wildman–Crippen LogP) is 5.37. The molecule has 0 spiro atoms. The van der Waals surface area contributed by atoms with Gasteiger partial charge in [0.15, 0.2) is 0 Å². The smallest absolute Gasteiger partial charge is 0.126 e. The third-order valence-corrected chi connectivity index (χ3v) is 13.6. The standard InChI is InChI=1S/C30H50O4/c1-25(2)22-15-30(18-32)16-26(3)12-9-20-27(4,14-11-24(34)29(20,6)17-31)19(26)7-8-21(30)28(22,5)13-10-23(25)33/h18-24,31,33-34H,7-17H2,1-6H3/t19?,20?,21-,22+,23-,24-,26+,27-,28-,29-,30-/m1/s1. The van der Waals surface area contributed by atoms with Gasteiger partial charge in [-0.15, -0.1) is 0 Å². The van der Waals surface area contributed by atoms with Crippen LogP contribution in [0.4, 0.5) is 0 Å². The number of rotatable bonds is 2. The molecule has 2 unspecified atom stereocenters.